The zero-order chi connectivity index (χ0) is 18.8. The Labute approximate surface area is 162 Å². The molecular weight excluding hydrogens is 360 g/mol. The highest BCUT2D eigenvalue weighted by Crippen LogP contribution is 2.27. The van der Waals surface area contributed by atoms with E-state index in [1.54, 1.807) is 11.3 Å². The number of ether oxygens (including phenoxy) is 1. The number of aromatic nitrogens is 3. The largest absolute Gasteiger partial charge is 0.375 e. The smallest absolute Gasteiger partial charge is 0.147 e. The lowest BCUT2D eigenvalue weighted by Gasteiger charge is -2.29. The molecular formula is C20H22N4O2S. The van der Waals surface area contributed by atoms with Crippen LogP contribution in [-0.4, -0.2) is 58.7 Å². The van der Waals surface area contributed by atoms with E-state index in [9.17, 15) is 4.79 Å². The van der Waals surface area contributed by atoms with Gasteiger partial charge >= 0.3 is 0 Å². The number of rotatable bonds is 5. The van der Waals surface area contributed by atoms with E-state index in [0.717, 1.165) is 45.1 Å². The minimum Gasteiger partial charge on any atom is -0.375 e. The van der Waals surface area contributed by atoms with Gasteiger partial charge in [0.2, 0.25) is 0 Å². The van der Waals surface area contributed by atoms with Gasteiger partial charge in [-0.05, 0) is 31.5 Å². The van der Waals surface area contributed by atoms with Gasteiger partial charge in [-0.2, -0.15) is 0 Å². The minimum absolute atomic E-state index is 0.0102. The van der Waals surface area contributed by atoms with Gasteiger partial charge in [0, 0.05) is 48.8 Å². The Kier molecular flexibility index (Phi) is 5.24. The molecule has 4 rings (SSSR count). The third kappa shape index (κ3) is 4.37. The van der Waals surface area contributed by atoms with Crippen molar-refractivity contribution in [1.82, 2.24) is 20.1 Å². The van der Waals surface area contributed by atoms with Crippen molar-refractivity contribution < 1.29 is 9.53 Å². The van der Waals surface area contributed by atoms with E-state index < -0.39 is 0 Å². The van der Waals surface area contributed by atoms with Crippen LogP contribution < -0.4 is 0 Å². The Morgan fingerprint density at radius 1 is 1.30 bits per heavy atom. The lowest BCUT2D eigenvalue weighted by atomic mass is 10.0. The average Bonchev–Trinajstić information content (AvgIpc) is 3.07. The summed E-state index contributed by atoms with van der Waals surface area (Å²) in [6.07, 6.45) is 2.59. The van der Waals surface area contributed by atoms with Crippen molar-refractivity contribution in [2.24, 2.45) is 0 Å². The van der Waals surface area contributed by atoms with Crippen molar-refractivity contribution in [3.05, 3.63) is 41.2 Å². The lowest BCUT2D eigenvalue weighted by molar-refractivity contribution is -0.123. The number of morpholine rings is 1. The number of pyridine rings is 1. The van der Waals surface area contributed by atoms with Crippen molar-refractivity contribution in [2.75, 3.05) is 26.7 Å². The van der Waals surface area contributed by atoms with Gasteiger partial charge in [0.05, 0.1) is 12.7 Å². The monoisotopic (exact) mass is 382 g/mol. The molecule has 1 aromatic carbocycles. The molecule has 1 saturated heterocycles. The number of carbonyl (C=O) groups is 1. The second-order valence-electron chi connectivity index (χ2n) is 7.04. The number of nitrogens with zero attached hydrogens (tertiary/aromatic N) is 4. The van der Waals surface area contributed by atoms with Gasteiger partial charge in [-0.25, -0.2) is 0 Å². The highest BCUT2D eigenvalue weighted by molar-refractivity contribution is 7.14. The zero-order valence-electron chi connectivity index (χ0n) is 15.5. The maximum atomic E-state index is 12.5. The van der Waals surface area contributed by atoms with Crippen molar-refractivity contribution in [3.8, 4) is 10.6 Å². The first-order valence-corrected chi connectivity index (χ1v) is 9.89. The third-order valence-corrected chi connectivity index (χ3v) is 5.61. The standard InChI is InChI=1S/C20H22N4O2S/c1-13-22-23-20(27-13)14-3-4-15-11-21-17(8-16(15)7-14)9-18(25)10-19-12-24(2)5-6-26-19/h3-4,7-8,11,19H,5-6,9-10,12H2,1-2H3. The molecule has 1 atom stereocenters. The lowest BCUT2D eigenvalue weighted by Crippen LogP contribution is -2.41. The predicted molar refractivity (Wildman–Crippen MR) is 106 cm³/mol. The molecule has 1 unspecified atom stereocenters. The van der Waals surface area contributed by atoms with Gasteiger partial charge in [-0.3, -0.25) is 9.78 Å². The van der Waals surface area contributed by atoms with Gasteiger partial charge in [0.15, 0.2) is 0 Å². The molecule has 0 N–H and O–H groups in total. The SMILES string of the molecule is Cc1nnc(-c2ccc3cnc(CC(=O)CC4CN(C)CCO4)cc3c2)s1. The second-order valence-corrected chi connectivity index (χ2v) is 8.22. The van der Waals surface area contributed by atoms with Crippen molar-refractivity contribution in [3.63, 3.8) is 0 Å². The third-order valence-electron chi connectivity index (χ3n) is 4.73. The molecule has 1 aliphatic rings. The van der Waals surface area contributed by atoms with Crippen molar-refractivity contribution >= 4 is 27.9 Å². The highest BCUT2D eigenvalue weighted by atomic mass is 32.1. The zero-order valence-corrected chi connectivity index (χ0v) is 16.3. The van der Waals surface area contributed by atoms with E-state index in [4.69, 9.17) is 4.74 Å². The summed E-state index contributed by atoms with van der Waals surface area (Å²) in [6.45, 7) is 4.37. The van der Waals surface area contributed by atoms with Crippen LogP contribution in [-0.2, 0) is 16.0 Å². The first-order chi connectivity index (χ1) is 13.1. The summed E-state index contributed by atoms with van der Waals surface area (Å²) in [7, 11) is 2.06. The summed E-state index contributed by atoms with van der Waals surface area (Å²) in [5.74, 6) is 0.165. The molecule has 2 aromatic heterocycles. The van der Waals surface area contributed by atoms with Crippen LogP contribution in [0.25, 0.3) is 21.3 Å². The van der Waals surface area contributed by atoms with Crippen LogP contribution in [0.4, 0.5) is 0 Å². The second kappa shape index (κ2) is 7.80. The van der Waals surface area contributed by atoms with E-state index in [0.29, 0.717) is 19.4 Å². The van der Waals surface area contributed by atoms with Crippen LogP contribution in [0.3, 0.4) is 0 Å². The van der Waals surface area contributed by atoms with Gasteiger partial charge < -0.3 is 9.64 Å². The van der Waals surface area contributed by atoms with E-state index in [-0.39, 0.29) is 11.9 Å². The fourth-order valence-corrected chi connectivity index (χ4v) is 4.04. The molecule has 0 spiro atoms. The summed E-state index contributed by atoms with van der Waals surface area (Å²) in [5.41, 5.74) is 1.83. The van der Waals surface area contributed by atoms with Gasteiger partial charge in [-0.1, -0.05) is 23.5 Å². The van der Waals surface area contributed by atoms with Crippen LogP contribution in [0.5, 0.6) is 0 Å². The number of ketones is 1. The molecule has 27 heavy (non-hydrogen) atoms. The molecule has 0 saturated carbocycles. The number of hydrogen-bond donors (Lipinski definition) is 0. The van der Waals surface area contributed by atoms with Gasteiger partial charge in [-0.15, -0.1) is 10.2 Å². The summed E-state index contributed by atoms with van der Waals surface area (Å²) in [5, 5.41) is 12.3. The Morgan fingerprint density at radius 3 is 2.96 bits per heavy atom. The van der Waals surface area contributed by atoms with Crippen molar-refractivity contribution in [1.29, 1.82) is 0 Å². The highest BCUT2D eigenvalue weighted by Gasteiger charge is 2.21. The molecule has 3 heterocycles. The van der Waals surface area contributed by atoms with Crippen LogP contribution >= 0.6 is 11.3 Å². The fourth-order valence-electron chi connectivity index (χ4n) is 3.35. The number of fused-ring (bicyclic) bond motifs is 1. The number of Topliss-reactive ketones (excluding diaryl/α,β-unsaturated/α-hetero) is 1. The fraction of sp³-hybridized carbons (Fsp3) is 0.400. The normalized spacial score (nSPS) is 18.1. The molecule has 140 valence electrons. The van der Waals surface area contributed by atoms with Crippen LogP contribution in [0.1, 0.15) is 17.1 Å². The Balaban J connectivity index is 1.49. The minimum atomic E-state index is -0.0102. The molecule has 1 aliphatic heterocycles. The summed E-state index contributed by atoms with van der Waals surface area (Å²) < 4.78 is 5.70. The molecule has 0 bridgehead atoms. The Bertz CT molecular complexity index is 972. The Hall–Kier alpha value is -2.22. The van der Waals surface area contributed by atoms with E-state index >= 15 is 0 Å². The van der Waals surface area contributed by atoms with Gasteiger partial charge in [0.1, 0.15) is 15.8 Å². The number of likely N-dealkylation sites (N-methyl/N-ethyl adjacent to an activating group) is 1. The quantitative estimate of drug-likeness (QED) is 0.676. The molecule has 0 radical (unpaired) electrons. The maximum Gasteiger partial charge on any atom is 0.147 e. The predicted octanol–water partition coefficient (Wildman–Crippen LogP) is 2.89. The molecule has 0 aliphatic carbocycles. The number of aryl methyl sites for hydroxylation is 1. The van der Waals surface area contributed by atoms with E-state index in [1.165, 1.54) is 0 Å². The Morgan fingerprint density at radius 2 is 2.19 bits per heavy atom. The van der Waals surface area contributed by atoms with E-state index in [1.807, 2.05) is 31.3 Å². The first-order valence-electron chi connectivity index (χ1n) is 9.08. The maximum absolute atomic E-state index is 12.5. The molecule has 3 aromatic rings. The summed E-state index contributed by atoms with van der Waals surface area (Å²) >= 11 is 1.57. The summed E-state index contributed by atoms with van der Waals surface area (Å²) in [6, 6.07) is 8.15. The molecule has 0 amide bonds. The number of benzene rings is 1. The molecule has 7 heteroatoms. The number of carbonyl (C=O) groups excluding carboxylic acids is 1. The van der Waals surface area contributed by atoms with E-state index in [2.05, 4.69) is 33.2 Å². The molecule has 6 nitrogen and oxygen atoms in total. The van der Waals surface area contributed by atoms with Gasteiger partial charge in [0.25, 0.3) is 0 Å². The average molecular weight is 382 g/mol. The number of hydrogen-bond acceptors (Lipinski definition) is 7. The molecule has 1 fully saturated rings. The van der Waals surface area contributed by atoms with Crippen LogP contribution in [0.15, 0.2) is 30.5 Å². The van der Waals surface area contributed by atoms with Crippen LogP contribution in [0, 0.1) is 6.92 Å². The van der Waals surface area contributed by atoms with Crippen LogP contribution in [0.2, 0.25) is 0 Å². The topological polar surface area (TPSA) is 68.2 Å². The van der Waals surface area contributed by atoms with Crippen molar-refractivity contribution in [2.45, 2.75) is 25.9 Å². The first kappa shape index (κ1) is 18.2. The summed E-state index contributed by atoms with van der Waals surface area (Å²) in [4.78, 5) is 19.1.